The maximum atomic E-state index is 13.1. The van der Waals surface area contributed by atoms with Crippen molar-refractivity contribution < 1.29 is 9.59 Å². The van der Waals surface area contributed by atoms with Crippen molar-refractivity contribution in [1.82, 2.24) is 34.6 Å². The molecule has 1 aliphatic carbocycles. The number of hydrogen-bond donors (Lipinski definition) is 1. The fraction of sp³-hybridized carbons (Fsp3) is 0.387. The molecule has 4 heterocycles. The van der Waals surface area contributed by atoms with Crippen LogP contribution in [0.15, 0.2) is 43.0 Å². The molecule has 4 aromatic rings. The zero-order chi connectivity index (χ0) is 29.4. The highest BCUT2D eigenvalue weighted by atomic mass is 16.2. The van der Waals surface area contributed by atoms with Crippen LogP contribution in [0.3, 0.4) is 0 Å². The number of carbonyl (C=O) groups is 2. The number of fused-ring (bicyclic) bond motifs is 3. The number of amides is 2. The molecule has 11 heteroatoms. The molecular formula is C31H35N9O2. The number of piperidine rings is 1. The van der Waals surface area contributed by atoms with Gasteiger partial charge in [0.2, 0.25) is 5.95 Å². The van der Waals surface area contributed by atoms with E-state index in [4.69, 9.17) is 15.7 Å². The number of carbonyl (C=O) groups excluding carboxylic acids is 2. The molecule has 1 aliphatic heterocycles. The number of aromatic nitrogens is 6. The molecule has 3 aromatic heterocycles. The second-order valence-electron chi connectivity index (χ2n) is 10.8. The molecule has 0 atom stereocenters. The highest BCUT2D eigenvalue weighted by Crippen LogP contribution is 2.39. The quantitative estimate of drug-likeness (QED) is 0.360. The second-order valence-corrected chi connectivity index (χ2v) is 10.8. The van der Waals surface area contributed by atoms with Crippen LogP contribution in [-0.2, 0) is 32.7 Å². The van der Waals surface area contributed by atoms with Gasteiger partial charge >= 0.3 is 0 Å². The number of hydrogen-bond acceptors (Lipinski definition) is 8. The Labute approximate surface area is 244 Å². The van der Waals surface area contributed by atoms with Gasteiger partial charge in [0.05, 0.1) is 17.1 Å². The van der Waals surface area contributed by atoms with Gasteiger partial charge in [-0.2, -0.15) is 5.10 Å². The zero-order valence-corrected chi connectivity index (χ0v) is 24.2. The van der Waals surface area contributed by atoms with E-state index in [0.717, 1.165) is 53.9 Å². The van der Waals surface area contributed by atoms with E-state index in [-0.39, 0.29) is 11.9 Å². The molecule has 1 aromatic carbocycles. The van der Waals surface area contributed by atoms with Crippen LogP contribution in [0.1, 0.15) is 69.9 Å². The average molecular weight is 566 g/mol. The van der Waals surface area contributed by atoms with E-state index < -0.39 is 5.91 Å². The van der Waals surface area contributed by atoms with Crippen molar-refractivity contribution in [1.29, 1.82) is 0 Å². The molecule has 0 spiro atoms. The van der Waals surface area contributed by atoms with Crippen LogP contribution < -0.4 is 10.6 Å². The Kier molecular flexibility index (Phi) is 7.40. The molecule has 1 fully saturated rings. The molecule has 1 saturated heterocycles. The van der Waals surface area contributed by atoms with Gasteiger partial charge in [-0.25, -0.2) is 19.9 Å². The lowest BCUT2D eigenvalue weighted by Crippen LogP contribution is -2.46. The summed E-state index contributed by atoms with van der Waals surface area (Å²) >= 11 is 0. The Morgan fingerprint density at radius 1 is 1.05 bits per heavy atom. The van der Waals surface area contributed by atoms with Crippen LogP contribution in [0.4, 0.5) is 11.6 Å². The highest BCUT2D eigenvalue weighted by Gasteiger charge is 2.34. The zero-order valence-electron chi connectivity index (χ0n) is 24.2. The fourth-order valence-electron chi connectivity index (χ4n) is 6.34. The van der Waals surface area contributed by atoms with E-state index in [9.17, 15) is 9.59 Å². The van der Waals surface area contributed by atoms with Gasteiger partial charge in [0.1, 0.15) is 12.0 Å². The summed E-state index contributed by atoms with van der Waals surface area (Å²) in [6.45, 7) is 5.53. The van der Waals surface area contributed by atoms with Crippen LogP contribution in [0, 0.1) is 0 Å². The van der Waals surface area contributed by atoms with Gasteiger partial charge in [0.25, 0.3) is 11.8 Å². The maximum Gasteiger partial charge on any atom is 0.272 e. The van der Waals surface area contributed by atoms with E-state index in [1.54, 1.807) is 16.9 Å². The van der Waals surface area contributed by atoms with Gasteiger partial charge in [0, 0.05) is 44.1 Å². The third-order valence-corrected chi connectivity index (χ3v) is 8.44. The Morgan fingerprint density at radius 3 is 2.43 bits per heavy atom. The minimum absolute atomic E-state index is 0.0753. The topological polar surface area (TPSA) is 136 Å². The summed E-state index contributed by atoms with van der Waals surface area (Å²) in [5.74, 6) is 0.00294. The Morgan fingerprint density at radius 2 is 1.79 bits per heavy atom. The summed E-state index contributed by atoms with van der Waals surface area (Å²) in [4.78, 5) is 47.7. The molecule has 0 bridgehead atoms. The number of aryl methyl sites for hydroxylation is 4. The largest absolute Gasteiger partial charge is 0.364 e. The normalized spacial score (nSPS) is 14.8. The van der Waals surface area contributed by atoms with E-state index in [2.05, 4.69) is 52.0 Å². The predicted molar refractivity (Wildman–Crippen MR) is 158 cm³/mol. The number of nitrogens with zero attached hydrogens (tertiary/aromatic N) is 8. The van der Waals surface area contributed by atoms with E-state index >= 15 is 0 Å². The fourth-order valence-corrected chi connectivity index (χ4v) is 6.34. The third-order valence-electron chi connectivity index (χ3n) is 8.44. The minimum Gasteiger partial charge on any atom is -0.364 e. The second kappa shape index (κ2) is 11.3. The van der Waals surface area contributed by atoms with Gasteiger partial charge < -0.3 is 15.5 Å². The van der Waals surface area contributed by atoms with E-state index in [1.807, 2.05) is 18.1 Å². The number of anilines is 2. The molecule has 2 amide bonds. The average Bonchev–Trinajstić information content (AvgIpc) is 3.38. The van der Waals surface area contributed by atoms with Crippen LogP contribution in [0.25, 0.3) is 11.4 Å². The van der Waals surface area contributed by atoms with Crippen LogP contribution in [-0.4, -0.2) is 65.6 Å². The molecule has 2 aliphatic rings. The van der Waals surface area contributed by atoms with Crippen LogP contribution in [0.5, 0.6) is 0 Å². The number of para-hydroxylation sites is 1. The third kappa shape index (κ3) is 4.78. The van der Waals surface area contributed by atoms with Gasteiger partial charge in [-0.05, 0) is 61.3 Å². The number of primary amides is 1. The molecule has 0 saturated carbocycles. The molecule has 42 heavy (non-hydrogen) atoms. The van der Waals surface area contributed by atoms with Crippen molar-refractivity contribution in [3.8, 4) is 11.4 Å². The highest BCUT2D eigenvalue weighted by molar-refractivity contribution is 5.94. The SMILES string of the molecule is CCc1cccc(CC)c1N(c1ncc2c(n1)-c1c(c(C(N)=O)nn1C)CC2)C1CCN(C(=O)c2ccncn2)CC1. The minimum atomic E-state index is -0.529. The van der Waals surface area contributed by atoms with Gasteiger partial charge in [0.15, 0.2) is 5.69 Å². The van der Waals surface area contributed by atoms with Crippen molar-refractivity contribution in [3.63, 3.8) is 0 Å². The molecule has 6 rings (SSSR count). The van der Waals surface area contributed by atoms with E-state index in [0.29, 0.717) is 43.3 Å². The van der Waals surface area contributed by atoms with Gasteiger partial charge in [-0.3, -0.25) is 14.3 Å². The predicted octanol–water partition coefficient (Wildman–Crippen LogP) is 3.43. The summed E-state index contributed by atoms with van der Waals surface area (Å²) in [6.07, 6.45) is 9.52. The Hall–Kier alpha value is -4.67. The van der Waals surface area contributed by atoms with Crippen LogP contribution >= 0.6 is 0 Å². The smallest absolute Gasteiger partial charge is 0.272 e. The molecule has 0 radical (unpaired) electrons. The van der Waals surface area contributed by atoms with Crippen molar-refractivity contribution in [2.24, 2.45) is 12.8 Å². The monoisotopic (exact) mass is 565 g/mol. The van der Waals surface area contributed by atoms with Gasteiger partial charge in [-0.15, -0.1) is 0 Å². The van der Waals surface area contributed by atoms with Crippen molar-refractivity contribution in [3.05, 3.63) is 76.6 Å². The number of nitrogens with two attached hydrogens (primary N) is 1. The first-order valence-electron chi connectivity index (χ1n) is 14.6. The first kappa shape index (κ1) is 27.5. The van der Waals surface area contributed by atoms with Crippen molar-refractivity contribution >= 4 is 23.5 Å². The first-order chi connectivity index (χ1) is 20.4. The van der Waals surface area contributed by atoms with E-state index in [1.165, 1.54) is 17.5 Å². The summed E-state index contributed by atoms with van der Waals surface area (Å²) in [5.41, 5.74) is 13.4. The molecule has 11 nitrogen and oxygen atoms in total. The summed E-state index contributed by atoms with van der Waals surface area (Å²) < 4.78 is 1.71. The lowest BCUT2D eigenvalue weighted by atomic mass is 9.93. The van der Waals surface area contributed by atoms with Crippen LogP contribution in [0.2, 0.25) is 0 Å². The van der Waals surface area contributed by atoms with Crippen molar-refractivity contribution in [2.45, 2.75) is 58.4 Å². The molecule has 2 N–H and O–H groups in total. The number of rotatable bonds is 7. The van der Waals surface area contributed by atoms with Crippen molar-refractivity contribution in [2.75, 3.05) is 18.0 Å². The maximum absolute atomic E-state index is 13.1. The lowest BCUT2D eigenvalue weighted by Gasteiger charge is -2.40. The van der Waals surface area contributed by atoms with Gasteiger partial charge in [-0.1, -0.05) is 32.0 Å². The molecule has 0 unspecified atom stereocenters. The standard InChI is InChI=1S/C31H35N9O2/c1-4-19-7-6-8-20(5-2)27(19)40(22-12-15-39(16-13-22)30(42)24-11-14-33-18-35-24)31-34-17-21-9-10-23-26(29(32)41)37-38(3)28(23)25(21)36-31/h6-8,11,14,17-18,22H,4-5,9-10,12-13,15-16H2,1-3H3,(H2,32,41). The summed E-state index contributed by atoms with van der Waals surface area (Å²) in [6, 6.07) is 8.19. The summed E-state index contributed by atoms with van der Waals surface area (Å²) in [5, 5.41) is 4.44. The number of likely N-dealkylation sites (tertiary alicyclic amines) is 1. The Bertz CT molecular complexity index is 1620. The lowest BCUT2D eigenvalue weighted by molar-refractivity contribution is 0.0708. The Balaban J connectivity index is 1.41. The number of benzene rings is 1. The molecule has 216 valence electrons. The molecular weight excluding hydrogens is 530 g/mol. The first-order valence-corrected chi connectivity index (χ1v) is 14.6. The summed E-state index contributed by atoms with van der Waals surface area (Å²) in [7, 11) is 1.83.